The molecule has 0 unspecified atom stereocenters. The van der Waals surface area contributed by atoms with Crippen LogP contribution in [0.1, 0.15) is 12.8 Å². The third kappa shape index (κ3) is 4.82. The fourth-order valence-corrected chi connectivity index (χ4v) is 11.5. The summed E-state index contributed by atoms with van der Waals surface area (Å²) in [6.45, 7) is 0. The van der Waals surface area contributed by atoms with Crippen LogP contribution in [0.15, 0.2) is 121 Å². The molecular weight excluding hydrogens is 444 g/mol. The van der Waals surface area contributed by atoms with Crippen molar-refractivity contribution >= 4 is 53.9 Å². The first-order valence-electron chi connectivity index (χ1n) is 11.6. The zero-order chi connectivity index (χ0) is 21.4. The molecule has 0 N–H and O–H groups in total. The maximum Gasteiger partial charge on any atom is 0 e. The molecule has 1 spiro atoms. The van der Waals surface area contributed by atoms with Gasteiger partial charge in [0.1, 0.15) is 0 Å². The quantitative estimate of drug-likeness (QED) is 0.254. The average molecular weight is 472 g/mol. The average Bonchev–Trinajstić information content (AvgIpc) is 3.77. The molecule has 0 nitrogen and oxygen atoms in total. The summed E-state index contributed by atoms with van der Waals surface area (Å²) >= 11 is 0. The van der Waals surface area contributed by atoms with E-state index in [2.05, 4.69) is 121 Å². The van der Waals surface area contributed by atoms with Crippen LogP contribution in [-0.2, 0) is 0 Å². The predicted molar refractivity (Wildman–Crippen MR) is 153 cm³/mol. The van der Waals surface area contributed by atoms with Gasteiger partial charge in [-0.2, -0.15) is 0 Å². The molecule has 2 fully saturated rings. The van der Waals surface area contributed by atoms with Gasteiger partial charge in [0.05, 0.1) is 0 Å². The van der Waals surface area contributed by atoms with E-state index in [4.69, 9.17) is 0 Å². The normalized spacial score (nSPS) is 22.2. The lowest BCUT2D eigenvalue weighted by Gasteiger charge is -2.21. The molecule has 0 heterocycles. The van der Waals surface area contributed by atoms with Crippen molar-refractivity contribution in [2.24, 2.45) is 11.3 Å². The Hall–Kier alpha value is -2.13. The second-order valence-corrected chi connectivity index (χ2v) is 13.8. The van der Waals surface area contributed by atoms with Crippen molar-refractivity contribution in [3.05, 3.63) is 121 Å². The molecular formula is C30H28B2P2. The Morgan fingerprint density at radius 1 is 0.529 bits per heavy atom. The highest BCUT2D eigenvalue weighted by atomic mass is 31.1. The summed E-state index contributed by atoms with van der Waals surface area (Å²) in [5, 5.41) is 6.16. The minimum absolute atomic E-state index is 0. The first kappa shape index (κ1) is 25.0. The van der Waals surface area contributed by atoms with Gasteiger partial charge in [-0.25, -0.2) is 0 Å². The van der Waals surface area contributed by atoms with E-state index in [1.54, 1.807) is 10.6 Å². The second-order valence-electron chi connectivity index (χ2n) is 9.18. The van der Waals surface area contributed by atoms with Gasteiger partial charge in [0.2, 0.25) is 0 Å². The van der Waals surface area contributed by atoms with E-state index in [-0.39, 0.29) is 32.7 Å². The molecule has 2 saturated carbocycles. The minimum atomic E-state index is -0.286. The van der Waals surface area contributed by atoms with Crippen molar-refractivity contribution in [3.63, 3.8) is 0 Å². The van der Waals surface area contributed by atoms with Gasteiger partial charge >= 0.3 is 0 Å². The van der Waals surface area contributed by atoms with Gasteiger partial charge in [-0.15, -0.1) is 0 Å². The smallest absolute Gasteiger partial charge is 0 e. The molecule has 34 heavy (non-hydrogen) atoms. The summed E-state index contributed by atoms with van der Waals surface area (Å²) in [7, 11) is -0.563. The van der Waals surface area contributed by atoms with Gasteiger partial charge in [-0.05, 0) is 73.1 Å². The minimum Gasteiger partial charge on any atom is -0.0622 e. The van der Waals surface area contributed by atoms with Gasteiger partial charge < -0.3 is 0 Å². The molecule has 0 amide bonds. The third-order valence-corrected chi connectivity index (χ3v) is 13.0. The Labute approximate surface area is 210 Å². The first-order chi connectivity index (χ1) is 15.9. The number of benzene rings is 4. The standard InChI is InChI=1S/C30H28P2.2B/c1-5-13-25(14-6-1)31(26-15-7-2-8-16-26)23-24-21-30(24)22-29(30)32(27-17-9-3-10-18-27)28-19-11-4-12-20-28;;/h1-20,24,29H,21-23H2;;/t24-,29-,30-;;/m1../s1. The van der Waals surface area contributed by atoms with Crippen molar-refractivity contribution in [3.8, 4) is 0 Å². The molecule has 0 aliphatic heterocycles. The van der Waals surface area contributed by atoms with Crippen molar-refractivity contribution in [1.82, 2.24) is 0 Å². The highest BCUT2D eigenvalue weighted by Crippen LogP contribution is 2.80. The van der Waals surface area contributed by atoms with E-state index in [1.165, 1.54) is 29.6 Å². The summed E-state index contributed by atoms with van der Waals surface area (Å²) in [5.74, 6) is 0.872. The van der Waals surface area contributed by atoms with Crippen molar-refractivity contribution in [2.45, 2.75) is 18.5 Å². The van der Waals surface area contributed by atoms with E-state index >= 15 is 0 Å². The number of rotatable bonds is 7. The largest absolute Gasteiger partial charge is 0.0622 e. The molecule has 6 rings (SSSR count). The lowest BCUT2D eigenvalue weighted by Crippen LogP contribution is -2.17. The summed E-state index contributed by atoms with van der Waals surface area (Å²) in [6.07, 6.45) is 4.18. The van der Waals surface area contributed by atoms with Crippen LogP contribution in [0.3, 0.4) is 0 Å². The predicted octanol–water partition coefficient (Wildman–Crippen LogP) is 5.27. The lowest BCUT2D eigenvalue weighted by atomic mass is 10.3. The van der Waals surface area contributed by atoms with Crippen LogP contribution in [0, 0.1) is 11.3 Å². The van der Waals surface area contributed by atoms with E-state index < -0.39 is 0 Å². The Bertz CT molecular complexity index is 1090. The van der Waals surface area contributed by atoms with Crippen LogP contribution in [0.25, 0.3) is 0 Å². The van der Waals surface area contributed by atoms with Gasteiger partial charge in [-0.1, -0.05) is 121 Å². The Kier molecular flexibility index (Phi) is 7.82. The van der Waals surface area contributed by atoms with Gasteiger partial charge in [-0.3, -0.25) is 0 Å². The van der Waals surface area contributed by atoms with Crippen molar-refractivity contribution in [1.29, 1.82) is 0 Å². The summed E-state index contributed by atoms with van der Waals surface area (Å²) < 4.78 is 0. The van der Waals surface area contributed by atoms with Crippen LogP contribution in [-0.4, -0.2) is 28.6 Å². The highest BCUT2D eigenvalue weighted by Gasteiger charge is 2.72. The van der Waals surface area contributed by atoms with Crippen LogP contribution >= 0.6 is 15.8 Å². The molecule has 0 saturated heterocycles. The lowest BCUT2D eigenvalue weighted by molar-refractivity contribution is 0.781. The van der Waals surface area contributed by atoms with E-state index in [1.807, 2.05) is 0 Å². The third-order valence-electron chi connectivity index (χ3n) is 7.28. The molecule has 4 aromatic carbocycles. The molecule has 0 bridgehead atoms. The number of hydrogen-bond acceptors (Lipinski definition) is 0. The van der Waals surface area contributed by atoms with Crippen LogP contribution in [0.2, 0.25) is 0 Å². The van der Waals surface area contributed by atoms with Gasteiger partial charge in [0.15, 0.2) is 0 Å². The topological polar surface area (TPSA) is 0 Å². The Balaban J connectivity index is 0.00000137. The van der Waals surface area contributed by atoms with Gasteiger partial charge in [0.25, 0.3) is 0 Å². The number of hydrogen-bond donors (Lipinski definition) is 0. The first-order valence-corrected chi connectivity index (χ1v) is 14.6. The fourth-order valence-electron chi connectivity index (χ4n) is 5.44. The molecule has 164 valence electrons. The van der Waals surface area contributed by atoms with E-state index in [0.29, 0.717) is 5.41 Å². The van der Waals surface area contributed by atoms with Crippen LogP contribution < -0.4 is 21.2 Å². The Morgan fingerprint density at radius 2 is 0.912 bits per heavy atom. The fraction of sp³-hybridized carbons (Fsp3) is 0.200. The van der Waals surface area contributed by atoms with Crippen molar-refractivity contribution in [2.75, 3.05) is 6.16 Å². The summed E-state index contributed by atoms with van der Waals surface area (Å²) in [6, 6.07) is 45.1. The monoisotopic (exact) mass is 472 g/mol. The maximum atomic E-state index is 2.36. The highest BCUT2D eigenvalue weighted by molar-refractivity contribution is 7.74. The molecule has 2 aliphatic carbocycles. The Morgan fingerprint density at radius 3 is 1.32 bits per heavy atom. The van der Waals surface area contributed by atoms with E-state index in [9.17, 15) is 0 Å². The molecule has 2 aliphatic rings. The summed E-state index contributed by atoms with van der Waals surface area (Å²) in [4.78, 5) is 0. The molecule has 4 heteroatoms. The molecule has 6 radical (unpaired) electrons. The van der Waals surface area contributed by atoms with Crippen LogP contribution in [0.4, 0.5) is 0 Å². The van der Waals surface area contributed by atoms with E-state index in [0.717, 1.165) is 11.6 Å². The summed E-state index contributed by atoms with van der Waals surface area (Å²) in [5.41, 5.74) is 1.44. The van der Waals surface area contributed by atoms with Gasteiger partial charge in [0, 0.05) is 16.8 Å². The zero-order valence-electron chi connectivity index (χ0n) is 19.4. The van der Waals surface area contributed by atoms with Crippen LogP contribution in [0.5, 0.6) is 0 Å². The van der Waals surface area contributed by atoms with Crippen molar-refractivity contribution < 1.29 is 0 Å². The zero-order valence-corrected chi connectivity index (χ0v) is 21.2. The second kappa shape index (κ2) is 10.6. The molecule has 0 aromatic heterocycles. The molecule has 4 aromatic rings. The molecule has 3 atom stereocenters. The maximum absolute atomic E-state index is 2.36. The SMILES string of the molecule is [B].[B].c1ccc(P(C[C@H]2C[C@@]23C[C@H]3P(c2ccccc2)c2ccccc2)c2ccccc2)cc1.